The Morgan fingerprint density at radius 3 is 2.47 bits per heavy atom. The first-order valence-corrected chi connectivity index (χ1v) is 5.18. The highest BCUT2D eigenvalue weighted by atomic mass is 35.5. The molecular formula is C12H15ClFN3. The quantitative estimate of drug-likeness (QED) is 0.908. The molecule has 0 fully saturated rings. The molecule has 0 bridgehead atoms. The fraction of sp³-hybridized carbons (Fsp3) is 0.250. The van der Waals surface area contributed by atoms with Crippen molar-refractivity contribution in [2.75, 3.05) is 0 Å². The average molecular weight is 256 g/mol. The van der Waals surface area contributed by atoms with Crippen LogP contribution >= 0.6 is 12.4 Å². The van der Waals surface area contributed by atoms with Crippen molar-refractivity contribution < 1.29 is 4.39 Å². The fourth-order valence-electron chi connectivity index (χ4n) is 1.51. The second-order valence-electron chi connectivity index (χ2n) is 3.68. The van der Waals surface area contributed by atoms with E-state index < -0.39 is 0 Å². The number of aryl methyl sites for hydroxylation is 1. The van der Waals surface area contributed by atoms with E-state index in [0.717, 1.165) is 24.3 Å². The van der Waals surface area contributed by atoms with E-state index in [1.54, 1.807) is 18.3 Å². The normalized spacial score (nSPS) is 10.0. The molecule has 0 amide bonds. The Bertz CT molecular complexity index is 453. The summed E-state index contributed by atoms with van der Waals surface area (Å²) in [4.78, 5) is 0. The summed E-state index contributed by atoms with van der Waals surface area (Å²) >= 11 is 0. The summed E-state index contributed by atoms with van der Waals surface area (Å²) in [7, 11) is 1.91. The average Bonchev–Trinajstić information content (AvgIpc) is 2.68. The van der Waals surface area contributed by atoms with Crippen molar-refractivity contribution in [3.05, 3.63) is 53.6 Å². The van der Waals surface area contributed by atoms with E-state index >= 15 is 0 Å². The molecule has 0 saturated heterocycles. The molecule has 0 spiro atoms. The van der Waals surface area contributed by atoms with Gasteiger partial charge in [-0.2, -0.15) is 5.10 Å². The molecule has 5 heteroatoms. The molecule has 0 aliphatic rings. The summed E-state index contributed by atoms with van der Waals surface area (Å²) in [5.41, 5.74) is 2.20. The van der Waals surface area contributed by atoms with Crippen LogP contribution in [-0.4, -0.2) is 9.78 Å². The number of hydrogen-bond donors (Lipinski definition) is 1. The molecule has 0 aliphatic carbocycles. The molecule has 2 aromatic rings. The van der Waals surface area contributed by atoms with Crippen LogP contribution in [0.4, 0.5) is 4.39 Å². The van der Waals surface area contributed by atoms with Gasteiger partial charge in [-0.1, -0.05) is 12.1 Å². The number of aromatic nitrogens is 2. The van der Waals surface area contributed by atoms with E-state index in [-0.39, 0.29) is 18.2 Å². The number of hydrogen-bond acceptors (Lipinski definition) is 2. The van der Waals surface area contributed by atoms with Crippen molar-refractivity contribution in [1.82, 2.24) is 15.1 Å². The van der Waals surface area contributed by atoms with Crippen LogP contribution in [0.3, 0.4) is 0 Å². The minimum atomic E-state index is -0.199. The lowest BCUT2D eigenvalue weighted by atomic mass is 10.2. The van der Waals surface area contributed by atoms with Gasteiger partial charge in [-0.25, -0.2) is 4.39 Å². The monoisotopic (exact) mass is 255 g/mol. The van der Waals surface area contributed by atoms with Gasteiger partial charge in [-0.05, 0) is 23.8 Å². The summed E-state index contributed by atoms with van der Waals surface area (Å²) in [6, 6.07) is 8.48. The van der Waals surface area contributed by atoms with Crippen LogP contribution in [-0.2, 0) is 20.1 Å². The van der Waals surface area contributed by atoms with Crippen LogP contribution in [0.5, 0.6) is 0 Å². The van der Waals surface area contributed by atoms with Gasteiger partial charge in [0, 0.05) is 26.3 Å². The highest BCUT2D eigenvalue weighted by molar-refractivity contribution is 5.85. The Balaban J connectivity index is 0.00000144. The SMILES string of the molecule is Cl.Cn1nccc1CNCc1ccc(F)cc1. The minimum Gasteiger partial charge on any atom is -0.307 e. The van der Waals surface area contributed by atoms with Crippen molar-refractivity contribution >= 4 is 12.4 Å². The molecule has 0 saturated carbocycles. The predicted molar refractivity (Wildman–Crippen MR) is 67.4 cm³/mol. The van der Waals surface area contributed by atoms with Crippen LogP contribution in [0.2, 0.25) is 0 Å². The first-order chi connectivity index (χ1) is 7.75. The third kappa shape index (κ3) is 3.84. The van der Waals surface area contributed by atoms with Gasteiger partial charge in [-0.15, -0.1) is 12.4 Å². The van der Waals surface area contributed by atoms with Crippen LogP contribution in [0.25, 0.3) is 0 Å². The lowest BCUT2D eigenvalue weighted by Crippen LogP contribution is -2.15. The van der Waals surface area contributed by atoms with E-state index in [1.165, 1.54) is 12.1 Å². The summed E-state index contributed by atoms with van der Waals surface area (Å²) in [6.07, 6.45) is 1.77. The van der Waals surface area contributed by atoms with Gasteiger partial charge in [0.1, 0.15) is 5.82 Å². The largest absolute Gasteiger partial charge is 0.307 e. The van der Waals surface area contributed by atoms with Gasteiger partial charge >= 0.3 is 0 Å². The van der Waals surface area contributed by atoms with Crippen molar-refractivity contribution in [1.29, 1.82) is 0 Å². The van der Waals surface area contributed by atoms with Gasteiger partial charge < -0.3 is 5.32 Å². The first-order valence-electron chi connectivity index (χ1n) is 5.18. The molecule has 92 valence electrons. The summed E-state index contributed by atoms with van der Waals surface area (Å²) in [5, 5.41) is 7.36. The van der Waals surface area contributed by atoms with Crippen LogP contribution in [0, 0.1) is 5.82 Å². The van der Waals surface area contributed by atoms with E-state index in [9.17, 15) is 4.39 Å². The Hall–Kier alpha value is -1.39. The fourth-order valence-corrected chi connectivity index (χ4v) is 1.51. The van der Waals surface area contributed by atoms with Crippen molar-refractivity contribution in [3.8, 4) is 0 Å². The molecule has 17 heavy (non-hydrogen) atoms. The van der Waals surface area contributed by atoms with Gasteiger partial charge in [0.05, 0.1) is 5.69 Å². The number of nitrogens with one attached hydrogen (secondary N) is 1. The van der Waals surface area contributed by atoms with Crippen molar-refractivity contribution in [2.45, 2.75) is 13.1 Å². The topological polar surface area (TPSA) is 29.9 Å². The van der Waals surface area contributed by atoms with E-state index in [0.29, 0.717) is 0 Å². The molecule has 0 unspecified atom stereocenters. The molecule has 0 radical (unpaired) electrons. The smallest absolute Gasteiger partial charge is 0.123 e. The molecule has 1 aromatic carbocycles. The number of benzene rings is 1. The molecule has 3 nitrogen and oxygen atoms in total. The Kier molecular flexibility index (Phi) is 5.12. The standard InChI is InChI=1S/C12H14FN3.ClH/c1-16-12(6-7-15-16)9-14-8-10-2-4-11(13)5-3-10;/h2-7,14H,8-9H2,1H3;1H. The lowest BCUT2D eigenvalue weighted by Gasteiger charge is -2.05. The van der Waals surface area contributed by atoms with Gasteiger partial charge in [-0.3, -0.25) is 4.68 Å². The molecular weight excluding hydrogens is 241 g/mol. The number of rotatable bonds is 4. The van der Waals surface area contributed by atoms with Gasteiger partial charge in [0.25, 0.3) is 0 Å². The summed E-state index contributed by atoms with van der Waals surface area (Å²) in [5.74, 6) is -0.199. The zero-order valence-corrected chi connectivity index (χ0v) is 10.4. The summed E-state index contributed by atoms with van der Waals surface area (Å²) in [6.45, 7) is 1.49. The molecule has 1 heterocycles. The van der Waals surface area contributed by atoms with E-state index in [4.69, 9.17) is 0 Å². The zero-order chi connectivity index (χ0) is 11.4. The van der Waals surface area contributed by atoms with E-state index in [1.807, 2.05) is 17.8 Å². The van der Waals surface area contributed by atoms with E-state index in [2.05, 4.69) is 10.4 Å². The van der Waals surface area contributed by atoms with Crippen LogP contribution < -0.4 is 5.32 Å². The Labute approximate surface area is 106 Å². The predicted octanol–water partition coefficient (Wildman–Crippen LogP) is 2.27. The minimum absolute atomic E-state index is 0. The van der Waals surface area contributed by atoms with Crippen LogP contribution in [0.15, 0.2) is 36.5 Å². The molecule has 0 atom stereocenters. The third-order valence-electron chi connectivity index (χ3n) is 2.47. The molecule has 1 N–H and O–H groups in total. The second kappa shape index (κ2) is 6.37. The lowest BCUT2D eigenvalue weighted by molar-refractivity contribution is 0.617. The molecule has 2 rings (SSSR count). The number of nitrogens with zero attached hydrogens (tertiary/aromatic N) is 2. The zero-order valence-electron chi connectivity index (χ0n) is 9.56. The first kappa shape index (κ1) is 13.7. The number of halogens is 2. The highest BCUT2D eigenvalue weighted by Crippen LogP contribution is 2.03. The maximum Gasteiger partial charge on any atom is 0.123 e. The maximum absolute atomic E-state index is 12.7. The van der Waals surface area contributed by atoms with Crippen LogP contribution in [0.1, 0.15) is 11.3 Å². The molecule has 1 aromatic heterocycles. The van der Waals surface area contributed by atoms with Gasteiger partial charge in [0.2, 0.25) is 0 Å². The second-order valence-corrected chi connectivity index (χ2v) is 3.68. The highest BCUT2D eigenvalue weighted by Gasteiger charge is 1.98. The third-order valence-corrected chi connectivity index (χ3v) is 2.47. The molecule has 0 aliphatic heterocycles. The maximum atomic E-state index is 12.7. The van der Waals surface area contributed by atoms with Crippen molar-refractivity contribution in [3.63, 3.8) is 0 Å². The Morgan fingerprint density at radius 1 is 1.18 bits per heavy atom. The Morgan fingerprint density at radius 2 is 1.88 bits per heavy atom. The summed E-state index contributed by atoms with van der Waals surface area (Å²) < 4.78 is 14.5. The van der Waals surface area contributed by atoms with Crippen molar-refractivity contribution in [2.24, 2.45) is 7.05 Å². The van der Waals surface area contributed by atoms with Gasteiger partial charge in [0.15, 0.2) is 0 Å².